The van der Waals surface area contributed by atoms with Crippen LogP contribution in [0.2, 0.25) is 0 Å². The third kappa shape index (κ3) is 8.33. The van der Waals surface area contributed by atoms with Crippen LogP contribution in [0.15, 0.2) is 79.3 Å². The third-order valence-electron chi connectivity index (χ3n) is 8.17. The van der Waals surface area contributed by atoms with Crippen LogP contribution in [-0.4, -0.2) is 64.1 Å². The molecule has 6 rings (SSSR count). The fraction of sp³-hybridized carbons (Fsp3) is 0.324. The number of carbonyl (C=O) groups is 1. The minimum Gasteiger partial charge on any atom is -0.444 e. The molecule has 2 aromatic carbocycles. The molecule has 260 valence electrons. The zero-order valence-electron chi connectivity index (χ0n) is 28.4. The highest BCUT2D eigenvalue weighted by atomic mass is 32.2. The minimum absolute atomic E-state index is 0.0592. The van der Waals surface area contributed by atoms with Crippen molar-refractivity contribution in [3.05, 3.63) is 102 Å². The number of benzene rings is 2. The van der Waals surface area contributed by atoms with Crippen molar-refractivity contribution in [1.82, 2.24) is 24.8 Å². The summed E-state index contributed by atoms with van der Waals surface area (Å²) >= 11 is 0. The van der Waals surface area contributed by atoms with Gasteiger partial charge in [0, 0.05) is 48.7 Å². The van der Waals surface area contributed by atoms with Gasteiger partial charge in [-0.2, -0.15) is 0 Å². The van der Waals surface area contributed by atoms with Crippen LogP contribution >= 0.6 is 0 Å². The van der Waals surface area contributed by atoms with Crippen LogP contribution in [0.4, 0.5) is 15.1 Å². The molecular weight excluding hydrogens is 660 g/mol. The molecule has 1 amide bonds. The van der Waals surface area contributed by atoms with Crippen molar-refractivity contribution in [3.8, 4) is 22.9 Å². The largest absolute Gasteiger partial charge is 0.444 e. The van der Waals surface area contributed by atoms with Gasteiger partial charge in [0.25, 0.3) is 0 Å². The van der Waals surface area contributed by atoms with Crippen molar-refractivity contribution in [2.24, 2.45) is 0 Å². The normalized spacial score (nSPS) is 15.1. The summed E-state index contributed by atoms with van der Waals surface area (Å²) in [6.07, 6.45) is 6.06. The first-order chi connectivity index (χ1) is 23.8. The van der Waals surface area contributed by atoms with Crippen LogP contribution in [0.5, 0.6) is 11.6 Å². The number of rotatable bonds is 9. The number of hydrogen-bond donors (Lipinski definition) is 1. The number of piperidine rings is 1. The molecule has 5 aromatic rings. The summed E-state index contributed by atoms with van der Waals surface area (Å²) in [6, 6.07) is 16.7. The number of hydrogen-bond acceptors (Lipinski definition) is 10. The Bertz CT molecular complexity index is 2130. The molecule has 1 N–H and O–H groups in total. The number of nitrogens with zero attached hydrogens (tertiary/aromatic N) is 5. The lowest BCUT2D eigenvalue weighted by atomic mass is 10.0. The monoisotopic (exact) mass is 698 g/mol. The molecule has 0 unspecified atom stereocenters. The van der Waals surface area contributed by atoms with Crippen molar-refractivity contribution in [3.63, 3.8) is 0 Å². The number of ether oxygens (including phenoxy) is 2. The topological polar surface area (TPSA) is 136 Å². The van der Waals surface area contributed by atoms with Crippen LogP contribution in [0.25, 0.3) is 22.0 Å². The second-order valence-electron chi connectivity index (χ2n) is 13.3. The van der Waals surface area contributed by atoms with E-state index in [-0.39, 0.29) is 29.3 Å². The second kappa shape index (κ2) is 14.4. The summed E-state index contributed by atoms with van der Waals surface area (Å²) in [4.78, 5) is 32.2. The molecule has 3 aromatic heterocycles. The van der Waals surface area contributed by atoms with Crippen LogP contribution in [0, 0.1) is 12.7 Å². The molecule has 1 fully saturated rings. The van der Waals surface area contributed by atoms with E-state index >= 15 is 4.39 Å². The van der Waals surface area contributed by atoms with Gasteiger partial charge in [0.2, 0.25) is 11.8 Å². The minimum atomic E-state index is -3.76. The maximum atomic E-state index is 15.3. The Hall–Kier alpha value is -5.17. The zero-order chi connectivity index (χ0) is 35.5. The average Bonchev–Trinajstić information content (AvgIpc) is 3.07. The first-order valence-electron chi connectivity index (χ1n) is 16.4. The number of aromatic nitrogens is 4. The summed E-state index contributed by atoms with van der Waals surface area (Å²) in [5, 5.41) is 4.33. The van der Waals surface area contributed by atoms with Crippen molar-refractivity contribution < 1.29 is 27.1 Å². The number of sulfone groups is 1. The number of nitrogens with one attached hydrogen (secondary N) is 1. The lowest BCUT2D eigenvalue weighted by Gasteiger charge is -2.34. The molecule has 1 atom stereocenters. The van der Waals surface area contributed by atoms with Crippen molar-refractivity contribution in [1.29, 1.82) is 0 Å². The van der Waals surface area contributed by atoms with Gasteiger partial charge in [0.15, 0.2) is 9.84 Å². The standard InChI is InChI=1S/C37H39FN6O5S/c1-24-12-13-27-28(14-15-31(38)30(27)23-50(46,47)22-26-9-5-6-17-39-26)33(24)48-34-29(11-7-18-40-34)32-16-19-41-35(43-32)42-25-10-8-20-44(21-25)36(45)49-37(2,3)4/h5-7,9,11-19,25H,8,10,20-23H2,1-4H3,(H,41,42,43)/t25-/m0/s1. The van der Waals surface area contributed by atoms with E-state index in [0.29, 0.717) is 52.5 Å². The Morgan fingerprint density at radius 2 is 1.76 bits per heavy atom. The molecule has 1 aliphatic rings. The number of anilines is 1. The first kappa shape index (κ1) is 34.7. The Balaban J connectivity index is 1.25. The maximum Gasteiger partial charge on any atom is 0.410 e. The third-order valence-corrected chi connectivity index (χ3v) is 9.63. The van der Waals surface area contributed by atoms with Gasteiger partial charge in [0.1, 0.15) is 17.2 Å². The molecule has 4 heterocycles. The summed E-state index contributed by atoms with van der Waals surface area (Å²) in [6.45, 7) is 8.47. The van der Waals surface area contributed by atoms with Gasteiger partial charge >= 0.3 is 6.09 Å². The van der Waals surface area contributed by atoms with E-state index in [1.807, 2.05) is 33.8 Å². The van der Waals surface area contributed by atoms with Crippen LogP contribution in [-0.2, 0) is 26.1 Å². The Morgan fingerprint density at radius 1 is 0.960 bits per heavy atom. The van der Waals surface area contributed by atoms with Gasteiger partial charge in [-0.25, -0.2) is 32.6 Å². The highest BCUT2D eigenvalue weighted by Gasteiger charge is 2.28. The number of aryl methyl sites for hydroxylation is 1. The van der Waals surface area contributed by atoms with Gasteiger partial charge in [0.05, 0.1) is 28.5 Å². The number of pyridine rings is 2. The van der Waals surface area contributed by atoms with E-state index in [2.05, 4.69) is 20.3 Å². The van der Waals surface area contributed by atoms with Crippen molar-refractivity contribution in [2.75, 3.05) is 18.4 Å². The lowest BCUT2D eigenvalue weighted by molar-refractivity contribution is 0.0206. The molecule has 0 saturated carbocycles. The fourth-order valence-corrected chi connectivity index (χ4v) is 7.35. The molecule has 0 spiro atoms. The summed E-state index contributed by atoms with van der Waals surface area (Å²) < 4.78 is 53.7. The highest BCUT2D eigenvalue weighted by Crippen LogP contribution is 2.38. The molecular formula is C37H39FN6O5S. The molecule has 13 heteroatoms. The summed E-state index contributed by atoms with van der Waals surface area (Å²) in [7, 11) is -3.76. The SMILES string of the molecule is Cc1ccc2c(CS(=O)(=O)Cc3ccccn3)c(F)ccc2c1Oc1ncccc1-c1ccnc(N[C@H]2CCCN(C(=O)OC(C)(C)C)C2)n1. The van der Waals surface area contributed by atoms with Gasteiger partial charge in [-0.1, -0.05) is 18.2 Å². The van der Waals surface area contributed by atoms with E-state index in [1.165, 1.54) is 12.3 Å². The van der Waals surface area contributed by atoms with E-state index in [4.69, 9.17) is 14.5 Å². The van der Waals surface area contributed by atoms with E-state index in [0.717, 1.165) is 18.4 Å². The number of fused-ring (bicyclic) bond motifs is 1. The predicted octanol–water partition coefficient (Wildman–Crippen LogP) is 7.25. The van der Waals surface area contributed by atoms with Gasteiger partial charge in [-0.15, -0.1) is 0 Å². The number of likely N-dealkylation sites (tertiary alicyclic amines) is 1. The summed E-state index contributed by atoms with van der Waals surface area (Å²) in [5.74, 6) is -0.366. The van der Waals surface area contributed by atoms with Crippen LogP contribution in [0.1, 0.15) is 50.4 Å². The lowest BCUT2D eigenvalue weighted by Crippen LogP contribution is -2.47. The molecule has 0 aliphatic carbocycles. The summed E-state index contributed by atoms with van der Waals surface area (Å²) in [5.41, 5.74) is 1.76. The Labute approximate surface area is 290 Å². The van der Waals surface area contributed by atoms with E-state index in [9.17, 15) is 13.2 Å². The van der Waals surface area contributed by atoms with Crippen LogP contribution in [0.3, 0.4) is 0 Å². The first-order valence-corrected chi connectivity index (χ1v) is 18.2. The smallest absolute Gasteiger partial charge is 0.410 e. The van der Waals surface area contributed by atoms with E-state index < -0.39 is 27.0 Å². The zero-order valence-corrected chi connectivity index (χ0v) is 29.2. The van der Waals surface area contributed by atoms with Gasteiger partial charge < -0.3 is 19.7 Å². The van der Waals surface area contributed by atoms with Gasteiger partial charge in [-0.3, -0.25) is 4.98 Å². The fourth-order valence-electron chi connectivity index (χ4n) is 5.90. The number of amides is 1. The van der Waals surface area contributed by atoms with Crippen molar-refractivity contribution >= 4 is 32.7 Å². The molecule has 0 bridgehead atoms. The maximum absolute atomic E-state index is 15.3. The number of carbonyl (C=O) groups excluding carboxylic acids is 1. The van der Waals surface area contributed by atoms with Crippen LogP contribution < -0.4 is 10.1 Å². The average molecular weight is 699 g/mol. The van der Waals surface area contributed by atoms with Gasteiger partial charge in [-0.05, 0) is 94.0 Å². The van der Waals surface area contributed by atoms with E-state index in [1.54, 1.807) is 65.8 Å². The molecule has 0 radical (unpaired) electrons. The Morgan fingerprint density at radius 3 is 2.54 bits per heavy atom. The Kier molecular flexibility index (Phi) is 9.96. The highest BCUT2D eigenvalue weighted by molar-refractivity contribution is 7.89. The molecule has 1 aliphatic heterocycles. The second-order valence-corrected chi connectivity index (χ2v) is 15.4. The quantitative estimate of drug-likeness (QED) is 0.168. The predicted molar refractivity (Wildman–Crippen MR) is 189 cm³/mol. The molecule has 1 saturated heterocycles. The number of halogens is 1. The molecule has 50 heavy (non-hydrogen) atoms. The van der Waals surface area contributed by atoms with Crippen molar-refractivity contribution in [2.45, 2.75) is 63.7 Å². The molecule has 11 nitrogen and oxygen atoms in total.